The number of methoxy groups -OCH3 is 2. The third kappa shape index (κ3) is 5.85. The predicted octanol–water partition coefficient (Wildman–Crippen LogP) is 2.99. The van der Waals surface area contributed by atoms with Gasteiger partial charge >= 0.3 is 0 Å². The molecule has 0 aromatic heterocycles. The van der Waals surface area contributed by atoms with Crippen molar-refractivity contribution >= 4 is 5.91 Å². The van der Waals surface area contributed by atoms with E-state index in [1.165, 1.54) is 19.4 Å². The van der Waals surface area contributed by atoms with Crippen LogP contribution in [0.1, 0.15) is 44.1 Å². The molecule has 0 unspecified atom stereocenters. The summed E-state index contributed by atoms with van der Waals surface area (Å²) in [5, 5.41) is 3.04. The number of hydrogen-bond acceptors (Lipinski definition) is 5. The monoisotopic (exact) mass is 390 g/mol. The van der Waals surface area contributed by atoms with Gasteiger partial charge in [0.2, 0.25) is 5.91 Å². The molecule has 3 rings (SSSR count). The van der Waals surface area contributed by atoms with Crippen molar-refractivity contribution in [1.29, 1.82) is 0 Å². The number of likely N-dealkylation sites (tertiary alicyclic amines) is 1. The van der Waals surface area contributed by atoms with Crippen LogP contribution in [-0.4, -0.2) is 57.4 Å². The number of carbonyl (C=O) groups is 1. The Bertz CT molecular complexity index is 631. The first-order chi connectivity index (χ1) is 13.7. The Morgan fingerprint density at radius 3 is 2.79 bits per heavy atom. The quantitative estimate of drug-likeness (QED) is 0.739. The van der Waals surface area contributed by atoms with Gasteiger partial charge in [0.15, 0.2) is 0 Å². The minimum Gasteiger partial charge on any atom is -0.497 e. The lowest BCUT2D eigenvalue weighted by Crippen LogP contribution is -2.45. The van der Waals surface area contributed by atoms with Crippen LogP contribution in [0.15, 0.2) is 18.2 Å². The van der Waals surface area contributed by atoms with Crippen LogP contribution in [0.3, 0.4) is 0 Å². The number of hydrogen-bond donors (Lipinski definition) is 1. The molecule has 0 spiro atoms. The van der Waals surface area contributed by atoms with Crippen molar-refractivity contribution in [3.8, 4) is 11.5 Å². The summed E-state index contributed by atoms with van der Waals surface area (Å²) < 4.78 is 16.1. The number of nitrogens with zero attached hydrogens (tertiary/aromatic N) is 1. The topological polar surface area (TPSA) is 60.0 Å². The second-order valence-electron chi connectivity index (χ2n) is 7.84. The Labute approximate surface area is 168 Å². The average molecular weight is 391 g/mol. The summed E-state index contributed by atoms with van der Waals surface area (Å²) in [5.74, 6) is 2.22. The van der Waals surface area contributed by atoms with Crippen LogP contribution < -0.4 is 14.8 Å². The second kappa shape index (κ2) is 10.7. The van der Waals surface area contributed by atoms with E-state index in [2.05, 4.69) is 10.2 Å². The van der Waals surface area contributed by atoms with Gasteiger partial charge in [-0.2, -0.15) is 0 Å². The van der Waals surface area contributed by atoms with Crippen molar-refractivity contribution in [2.24, 2.45) is 5.92 Å². The zero-order valence-corrected chi connectivity index (χ0v) is 17.2. The summed E-state index contributed by atoms with van der Waals surface area (Å²) in [6, 6.07) is 6.34. The first kappa shape index (κ1) is 20.9. The van der Waals surface area contributed by atoms with E-state index < -0.39 is 0 Å². The number of piperidine rings is 1. The smallest absolute Gasteiger partial charge is 0.220 e. The Kier molecular flexibility index (Phi) is 7.98. The Balaban J connectivity index is 1.41. The molecule has 2 aliphatic rings. The van der Waals surface area contributed by atoms with E-state index in [1.54, 1.807) is 14.2 Å². The minimum absolute atomic E-state index is 0.112. The second-order valence-corrected chi connectivity index (χ2v) is 7.84. The van der Waals surface area contributed by atoms with Crippen molar-refractivity contribution < 1.29 is 19.0 Å². The first-order valence-electron chi connectivity index (χ1n) is 10.5. The lowest BCUT2D eigenvalue weighted by atomic mass is 9.91. The molecule has 0 radical (unpaired) electrons. The van der Waals surface area contributed by atoms with Gasteiger partial charge in [0.05, 0.1) is 14.2 Å². The molecule has 1 aromatic carbocycles. The molecule has 0 saturated carbocycles. The van der Waals surface area contributed by atoms with Gasteiger partial charge in [0, 0.05) is 50.4 Å². The summed E-state index contributed by atoms with van der Waals surface area (Å²) in [4.78, 5) is 15.0. The van der Waals surface area contributed by atoms with Crippen LogP contribution in [0, 0.1) is 5.92 Å². The van der Waals surface area contributed by atoms with Gasteiger partial charge in [-0.15, -0.1) is 0 Å². The zero-order chi connectivity index (χ0) is 19.8. The third-order valence-corrected chi connectivity index (χ3v) is 6.01. The van der Waals surface area contributed by atoms with E-state index >= 15 is 0 Å². The highest BCUT2D eigenvalue weighted by Gasteiger charge is 2.27. The molecule has 1 atom stereocenters. The summed E-state index contributed by atoms with van der Waals surface area (Å²) in [6.07, 6.45) is 6.33. The molecule has 6 nitrogen and oxygen atoms in total. The highest BCUT2D eigenvalue weighted by molar-refractivity contribution is 5.75. The van der Waals surface area contributed by atoms with E-state index in [0.717, 1.165) is 56.1 Å². The van der Waals surface area contributed by atoms with E-state index in [1.807, 2.05) is 18.2 Å². The van der Waals surface area contributed by atoms with Crippen molar-refractivity contribution in [3.05, 3.63) is 23.8 Å². The molecule has 0 aliphatic carbocycles. The van der Waals surface area contributed by atoms with Crippen molar-refractivity contribution in [2.45, 2.75) is 51.1 Å². The maximum absolute atomic E-state index is 12.4. The number of ether oxygens (including phenoxy) is 3. The SMILES string of the molecule is COc1ccc(CNC(=O)CC[C@H]2CCCN(C3CCOCC3)C2)c(OC)c1. The molecule has 156 valence electrons. The van der Waals surface area contributed by atoms with Gasteiger partial charge in [-0.05, 0) is 56.7 Å². The summed E-state index contributed by atoms with van der Waals surface area (Å²) in [5.41, 5.74) is 0.958. The van der Waals surface area contributed by atoms with Crippen LogP contribution >= 0.6 is 0 Å². The summed E-state index contributed by atoms with van der Waals surface area (Å²) >= 11 is 0. The average Bonchev–Trinajstić information content (AvgIpc) is 2.77. The van der Waals surface area contributed by atoms with E-state index in [-0.39, 0.29) is 5.91 Å². The van der Waals surface area contributed by atoms with Crippen LogP contribution in [0.25, 0.3) is 0 Å². The molecule has 2 fully saturated rings. The first-order valence-corrected chi connectivity index (χ1v) is 10.5. The van der Waals surface area contributed by atoms with Crippen molar-refractivity contribution in [2.75, 3.05) is 40.5 Å². The fraction of sp³-hybridized carbons (Fsp3) is 0.682. The Morgan fingerprint density at radius 2 is 2.04 bits per heavy atom. The van der Waals surface area contributed by atoms with E-state index in [9.17, 15) is 4.79 Å². The lowest BCUT2D eigenvalue weighted by molar-refractivity contribution is -0.121. The predicted molar refractivity (Wildman–Crippen MR) is 109 cm³/mol. The van der Waals surface area contributed by atoms with E-state index in [4.69, 9.17) is 14.2 Å². The molecule has 2 saturated heterocycles. The highest BCUT2D eigenvalue weighted by atomic mass is 16.5. The van der Waals surface area contributed by atoms with E-state index in [0.29, 0.717) is 24.9 Å². The fourth-order valence-electron chi connectivity index (χ4n) is 4.33. The Hall–Kier alpha value is -1.79. The molecule has 6 heteroatoms. The number of amides is 1. The number of benzene rings is 1. The van der Waals surface area contributed by atoms with Gasteiger partial charge in [0.25, 0.3) is 0 Å². The van der Waals surface area contributed by atoms with Gasteiger partial charge < -0.3 is 19.5 Å². The minimum atomic E-state index is 0.112. The fourth-order valence-corrected chi connectivity index (χ4v) is 4.33. The molecule has 0 bridgehead atoms. The van der Waals surface area contributed by atoms with Crippen LogP contribution in [-0.2, 0) is 16.1 Å². The normalized spacial score (nSPS) is 21.3. The summed E-state index contributed by atoms with van der Waals surface area (Å²) in [7, 11) is 3.26. The van der Waals surface area contributed by atoms with Crippen LogP contribution in [0.5, 0.6) is 11.5 Å². The van der Waals surface area contributed by atoms with Gasteiger partial charge in [-0.25, -0.2) is 0 Å². The lowest BCUT2D eigenvalue weighted by Gasteiger charge is -2.40. The molecule has 1 aromatic rings. The largest absolute Gasteiger partial charge is 0.497 e. The van der Waals surface area contributed by atoms with Crippen LogP contribution in [0.2, 0.25) is 0 Å². The molecular formula is C22H34N2O4. The molecule has 2 heterocycles. The van der Waals surface area contributed by atoms with Gasteiger partial charge in [0.1, 0.15) is 11.5 Å². The Morgan fingerprint density at radius 1 is 1.21 bits per heavy atom. The van der Waals surface area contributed by atoms with Crippen molar-refractivity contribution in [1.82, 2.24) is 10.2 Å². The van der Waals surface area contributed by atoms with Crippen molar-refractivity contribution in [3.63, 3.8) is 0 Å². The maximum atomic E-state index is 12.4. The molecule has 2 aliphatic heterocycles. The third-order valence-electron chi connectivity index (χ3n) is 6.01. The number of rotatable bonds is 8. The molecule has 1 N–H and O–H groups in total. The molecule has 28 heavy (non-hydrogen) atoms. The number of nitrogens with one attached hydrogen (secondary N) is 1. The zero-order valence-electron chi connectivity index (χ0n) is 17.2. The maximum Gasteiger partial charge on any atom is 0.220 e. The molecule has 1 amide bonds. The van der Waals surface area contributed by atoms with Gasteiger partial charge in [-0.1, -0.05) is 0 Å². The van der Waals surface area contributed by atoms with Gasteiger partial charge in [-0.3, -0.25) is 9.69 Å². The molecular weight excluding hydrogens is 356 g/mol. The standard InChI is InChI=1S/C22H34N2O4/c1-26-20-7-6-18(21(14-20)27-2)15-23-22(25)8-5-17-4-3-11-24(16-17)19-9-12-28-13-10-19/h6-7,14,17,19H,3-5,8-13,15-16H2,1-2H3,(H,23,25)/t17-/m1/s1. The van der Waals surface area contributed by atoms with Crippen LogP contribution in [0.4, 0.5) is 0 Å². The highest BCUT2D eigenvalue weighted by Crippen LogP contribution is 2.26. The summed E-state index contributed by atoms with van der Waals surface area (Å²) in [6.45, 7) is 4.59. The number of carbonyl (C=O) groups excluding carboxylic acids is 1.